The minimum atomic E-state index is -0.219. The summed E-state index contributed by atoms with van der Waals surface area (Å²) in [6, 6.07) is 16.4. The number of anilines is 2. The molecule has 4 aromatic rings. The van der Waals surface area contributed by atoms with E-state index in [-0.39, 0.29) is 11.1 Å². The van der Waals surface area contributed by atoms with E-state index in [0.717, 1.165) is 16.5 Å². The van der Waals surface area contributed by atoms with Gasteiger partial charge in [-0.3, -0.25) is 9.78 Å². The molecule has 0 saturated carbocycles. The molecule has 1 aromatic carbocycles. The Hall–Kier alpha value is -3.51. The van der Waals surface area contributed by atoms with Gasteiger partial charge in [0.25, 0.3) is 5.91 Å². The summed E-state index contributed by atoms with van der Waals surface area (Å²) in [5, 5.41) is 1.23. The highest BCUT2D eigenvalue weighted by atomic mass is 35.5. The predicted molar refractivity (Wildman–Crippen MR) is 110 cm³/mol. The maximum absolute atomic E-state index is 13.2. The zero-order valence-corrected chi connectivity index (χ0v) is 15.5. The Morgan fingerprint density at radius 3 is 2.68 bits per heavy atom. The molecular weight excluding hydrogens is 374 g/mol. The van der Waals surface area contributed by atoms with Crippen molar-refractivity contribution < 1.29 is 4.79 Å². The number of nitrogen functional groups attached to an aromatic ring is 1. The number of hydrogen-bond acceptors (Lipinski definition) is 5. The molecule has 7 heteroatoms. The topological polar surface area (TPSA) is 85.0 Å². The molecule has 6 nitrogen and oxygen atoms in total. The van der Waals surface area contributed by atoms with Gasteiger partial charge in [-0.15, -0.1) is 0 Å². The monoisotopic (exact) mass is 389 g/mol. The molecule has 3 heterocycles. The molecule has 0 aliphatic carbocycles. The largest absolute Gasteiger partial charge is 0.384 e. The van der Waals surface area contributed by atoms with Gasteiger partial charge in [-0.1, -0.05) is 23.7 Å². The number of nitrogens with two attached hydrogens (primary N) is 1. The molecule has 0 saturated heterocycles. The van der Waals surface area contributed by atoms with Crippen LogP contribution in [0.15, 0.2) is 73.2 Å². The van der Waals surface area contributed by atoms with Crippen molar-refractivity contribution >= 4 is 39.9 Å². The smallest absolute Gasteiger partial charge is 0.260 e. The van der Waals surface area contributed by atoms with E-state index in [1.165, 1.54) is 6.20 Å². The highest BCUT2D eigenvalue weighted by molar-refractivity contribution is 6.32. The minimum Gasteiger partial charge on any atom is -0.384 e. The summed E-state index contributed by atoms with van der Waals surface area (Å²) in [5.41, 5.74) is 8.45. The van der Waals surface area contributed by atoms with Gasteiger partial charge in [-0.25, -0.2) is 9.97 Å². The number of carbonyl (C=O) groups excluding carboxylic acids is 1. The van der Waals surface area contributed by atoms with E-state index in [1.807, 2.05) is 24.3 Å². The Bertz CT molecular complexity index is 1150. The Morgan fingerprint density at radius 1 is 1.07 bits per heavy atom. The first-order chi connectivity index (χ1) is 13.6. The van der Waals surface area contributed by atoms with E-state index >= 15 is 0 Å². The van der Waals surface area contributed by atoms with Gasteiger partial charge in [0.15, 0.2) is 5.15 Å². The summed E-state index contributed by atoms with van der Waals surface area (Å²) in [5.74, 6) is 0.229. The standard InChI is InChI=1S/C21H16ClN5O/c22-20-18(4-2-10-25-20)27(21(28)16-3-1-9-24-12-16)13-14-5-6-15-7-8-19(23)26-17(15)11-14/h1-12H,13H2,(H2,23,26). The number of nitrogens with zero attached hydrogens (tertiary/aromatic N) is 4. The summed E-state index contributed by atoms with van der Waals surface area (Å²) >= 11 is 6.28. The molecule has 4 rings (SSSR count). The van der Waals surface area contributed by atoms with Crippen molar-refractivity contribution in [3.63, 3.8) is 0 Å². The molecule has 0 fully saturated rings. The number of aromatic nitrogens is 3. The normalized spacial score (nSPS) is 10.8. The third kappa shape index (κ3) is 3.63. The van der Waals surface area contributed by atoms with Gasteiger partial charge in [0.05, 0.1) is 23.3 Å². The first-order valence-electron chi connectivity index (χ1n) is 8.59. The molecule has 28 heavy (non-hydrogen) atoms. The van der Waals surface area contributed by atoms with Crippen LogP contribution in [0.2, 0.25) is 5.15 Å². The first-order valence-corrected chi connectivity index (χ1v) is 8.97. The van der Waals surface area contributed by atoms with E-state index in [4.69, 9.17) is 17.3 Å². The van der Waals surface area contributed by atoms with Crippen LogP contribution in [0.3, 0.4) is 0 Å². The third-order valence-corrected chi connectivity index (χ3v) is 4.59. The average Bonchev–Trinajstić information content (AvgIpc) is 2.72. The molecule has 0 bridgehead atoms. The number of fused-ring (bicyclic) bond motifs is 1. The van der Waals surface area contributed by atoms with Crippen molar-refractivity contribution in [1.82, 2.24) is 15.0 Å². The fourth-order valence-electron chi connectivity index (χ4n) is 2.95. The van der Waals surface area contributed by atoms with Crippen LogP contribution in [-0.4, -0.2) is 20.9 Å². The van der Waals surface area contributed by atoms with Crippen LogP contribution in [0.1, 0.15) is 15.9 Å². The SMILES string of the molecule is Nc1ccc2ccc(CN(C(=O)c3cccnc3)c3cccnc3Cl)cc2n1. The van der Waals surface area contributed by atoms with Crippen LogP contribution in [0.4, 0.5) is 11.5 Å². The number of carbonyl (C=O) groups is 1. The van der Waals surface area contributed by atoms with E-state index in [2.05, 4.69) is 15.0 Å². The number of benzene rings is 1. The Kier molecular flexibility index (Phi) is 4.87. The zero-order chi connectivity index (χ0) is 19.5. The van der Waals surface area contributed by atoms with Crippen molar-refractivity contribution in [1.29, 1.82) is 0 Å². The Labute approximate surface area is 166 Å². The second-order valence-corrected chi connectivity index (χ2v) is 6.57. The minimum absolute atomic E-state index is 0.219. The molecule has 138 valence electrons. The van der Waals surface area contributed by atoms with E-state index in [0.29, 0.717) is 23.6 Å². The molecule has 0 atom stereocenters. The quantitative estimate of drug-likeness (QED) is 0.531. The van der Waals surface area contributed by atoms with Gasteiger partial charge in [0, 0.05) is 24.0 Å². The van der Waals surface area contributed by atoms with Crippen LogP contribution in [-0.2, 0) is 6.54 Å². The van der Waals surface area contributed by atoms with Gasteiger partial charge >= 0.3 is 0 Å². The first kappa shape index (κ1) is 17.9. The zero-order valence-electron chi connectivity index (χ0n) is 14.8. The molecule has 0 spiro atoms. The lowest BCUT2D eigenvalue weighted by Crippen LogP contribution is -2.31. The Balaban J connectivity index is 1.75. The molecule has 2 N–H and O–H groups in total. The van der Waals surface area contributed by atoms with Gasteiger partial charge in [0.1, 0.15) is 5.82 Å². The molecule has 3 aromatic heterocycles. The van der Waals surface area contributed by atoms with Gasteiger partial charge in [-0.2, -0.15) is 0 Å². The summed E-state index contributed by atoms with van der Waals surface area (Å²) in [7, 11) is 0. The number of halogens is 1. The Morgan fingerprint density at radius 2 is 1.89 bits per heavy atom. The van der Waals surface area contributed by atoms with Crippen LogP contribution in [0.25, 0.3) is 10.9 Å². The van der Waals surface area contributed by atoms with E-state index < -0.39 is 0 Å². The number of amides is 1. The van der Waals surface area contributed by atoms with Crippen LogP contribution in [0.5, 0.6) is 0 Å². The van der Waals surface area contributed by atoms with Crippen molar-refractivity contribution in [2.24, 2.45) is 0 Å². The van der Waals surface area contributed by atoms with E-state index in [1.54, 1.807) is 47.6 Å². The van der Waals surface area contributed by atoms with Crippen LogP contribution in [0, 0.1) is 0 Å². The average molecular weight is 390 g/mol. The molecule has 0 radical (unpaired) electrons. The van der Waals surface area contributed by atoms with Crippen LogP contribution >= 0.6 is 11.6 Å². The molecule has 0 aliphatic rings. The molecular formula is C21H16ClN5O. The summed E-state index contributed by atoms with van der Waals surface area (Å²) in [6.45, 7) is 0.297. The maximum Gasteiger partial charge on any atom is 0.260 e. The van der Waals surface area contributed by atoms with E-state index in [9.17, 15) is 4.79 Å². The van der Waals surface area contributed by atoms with Gasteiger partial charge in [0.2, 0.25) is 0 Å². The van der Waals surface area contributed by atoms with Crippen molar-refractivity contribution in [2.45, 2.75) is 6.54 Å². The fraction of sp³-hybridized carbons (Fsp3) is 0.0476. The third-order valence-electron chi connectivity index (χ3n) is 4.30. The van der Waals surface area contributed by atoms with Crippen molar-refractivity contribution in [2.75, 3.05) is 10.6 Å². The van der Waals surface area contributed by atoms with Crippen molar-refractivity contribution in [3.05, 3.63) is 89.5 Å². The molecule has 1 amide bonds. The number of pyridine rings is 3. The second-order valence-electron chi connectivity index (χ2n) is 6.21. The highest BCUT2D eigenvalue weighted by Crippen LogP contribution is 2.27. The second kappa shape index (κ2) is 7.62. The van der Waals surface area contributed by atoms with Crippen LogP contribution < -0.4 is 10.6 Å². The summed E-state index contributed by atoms with van der Waals surface area (Å²) in [6.07, 6.45) is 4.74. The molecule has 0 unspecified atom stereocenters. The highest BCUT2D eigenvalue weighted by Gasteiger charge is 2.21. The lowest BCUT2D eigenvalue weighted by atomic mass is 10.1. The van der Waals surface area contributed by atoms with Crippen molar-refractivity contribution in [3.8, 4) is 0 Å². The summed E-state index contributed by atoms with van der Waals surface area (Å²) in [4.78, 5) is 27.3. The fourth-order valence-corrected chi connectivity index (χ4v) is 3.17. The molecule has 0 aliphatic heterocycles. The number of hydrogen-bond donors (Lipinski definition) is 1. The predicted octanol–water partition coefficient (Wildman–Crippen LogP) is 4.11. The van der Waals surface area contributed by atoms with Gasteiger partial charge in [-0.05, 0) is 48.0 Å². The lowest BCUT2D eigenvalue weighted by Gasteiger charge is -2.23. The lowest BCUT2D eigenvalue weighted by molar-refractivity contribution is 0.0984. The van der Waals surface area contributed by atoms with Gasteiger partial charge < -0.3 is 10.6 Å². The number of rotatable bonds is 4. The summed E-state index contributed by atoms with van der Waals surface area (Å²) < 4.78 is 0. The maximum atomic E-state index is 13.2.